The van der Waals surface area contributed by atoms with Crippen LogP contribution in [0.5, 0.6) is 0 Å². The molecular formula is C14H20O4. The highest BCUT2D eigenvalue weighted by molar-refractivity contribution is 6.28. The van der Waals surface area contributed by atoms with Gasteiger partial charge in [0, 0.05) is 5.92 Å². The Kier molecular flexibility index (Phi) is 4.46. The minimum absolute atomic E-state index is 0.218. The summed E-state index contributed by atoms with van der Waals surface area (Å²) in [5.41, 5.74) is 0.803. The van der Waals surface area contributed by atoms with Crippen molar-refractivity contribution < 1.29 is 19.8 Å². The van der Waals surface area contributed by atoms with Gasteiger partial charge in [-0.2, -0.15) is 0 Å². The maximum Gasteiger partial charge on any atom is 0.199 e. The van der Waals surface area contributed by atoms with E-state index in [1.54, 1.807) is 13.8 Å². The van der Waals surface area contributed by atoms with E-state index in [0.29, 0.717) is 6.42 Å². The summed E-state index contributed by atoms with van der Waals surface area (Å²) in [6.45, 7) is 7.16. The summed E-state index contributed by atoms with van der Waals surface area (Å²) in [7, 11) is 0. The molecule has 2 atom stereocenters. The zero-order valence-corrected chi connectivity index (χ0v) is 11.2. The molecule has 0 bridgehead atoms. The van der Waals surface area contributed by atoms with Gasteiger partial charge in [0.05, 0.1) is 5.92 Å². The number of hydrogen-bond acceptors (Lipinski definition) is 4. The minimum atomic E-state index is -1.33. The maximum absolute atomic E-state index is 12.1. The lowest BCUT2D eigenvalue weighted by Crippen LogP contribution is -2.22. The van der Waals surface area contributed by atoms with Gasteiger partial charge in [0.2, 0.25) is 0 Å². The zero-order chi connectivity index (χ0) is 14.0. The first-order chi connectivity index (χ1) is 8.27. The number of aliphatic hydroxyl groups is 2. The Morgan fingerprint density at radius 2 is 1.83 bits per heavy atom. The van der Waals surface area contributed by atoms with Crippen molar-refractivity contribution in [3.8, 4) is 0 Å². The highest BCUT2D eigenvalue weighted by Gasteiger charge is 2.46. The Labute approximate surface area is 107 Å². The van der Waals surface area contributed by atoms with Gasteiger partial charge in [0.15, 0.2) is 11.6 Å². The van der Waals surface area contributed by atoms with Crippen LogP contribution in [0.25, 0.3) is 0 Å². The van der Waals surface area contributed by atoms with Crippen molar-refractivity contribution in [3.05, 3.63) is 23.0 Å². The van der Waals surface area contributed by atoms with E-state index in [1.165, 1.54) is 0 Å². The Balaban J connectivity index is 3.09. The van der Waals surface area contributed by atoms with Crippen LogP contribution < -0.4 is 0 Å². The molecule has 0 radical (unpaired) electrons. The van der Waals surface area contributed by atoms with Crippen LogP contribution in [0, 0.1) is 11.8 Å². The molecule has 2 N–H and O–H groups in total. The van der Waals surface area contributed by atoms with Gasteiger partial charge in [0.1, 0.15) is 17.4 Å². The first-order valence-corrected chi connectivity index (χ1v) is 6.10. The number of Topliss-reactive ketones (excluding diaryl/α,β-unsaturated/α-hetero) is 2. The molecule has 4 heteroatoms. The van der Waals surface area contributed by atoms with E-state index in [-0.39, 0.29) is 17.3 Å². The average Bonchev–Trinajstić information content (AvgIpc) is 2.47. The lowest BCUT2D eigenvalue weighted by molar-refractivity contribution is -0.124. The molecule has 0 saturated heterocycles. The number of rotatable bonds is 3. The Morgan fingerprint density at radius 3 is 2.28 bits per heavy atom. The third-order valence-corrected chi connectivity index (χ3v) is 3.06. The quantitative estimate of drug-likeness (QED) is 0.348. The molecule has 0 amide bonds. The van der Waals surface area contributed by atoms with E-state index in [0.717, 1.165) is 5.57 Å². The molecule has 100 valence electrons. The van der Waals surface area contributed by atoms with Gasteiger partial charge in [-0.15, -0.1) is 0 Å². The predicted octanol–water partition coefficient (Wildman–Crippen LogP) is 1.94. The number of carbonyl (C=O) groups is 2. The maximum atomic E-state index is 12.1. The van der Waals surface area contributed by atoms with Crippen molar-refractivity contribution in [3.63, 3.8) is 0 Å². The van der Waals surface area contributed by atoms with Gasteiger partial charge in [0.25, 0.3) is 0 Å². The van der Waals surface area contributed by atoms with Gasteiger partial charge < -0.3 is 10.2 Å². The van der Waals surface area contributed by atoms with Crippen LogP contribution in [0.3, 0.4) is 0 Å². The Hall–Kier alpha value is -1.42. The van der Waals surface area contributed by atoms with Crippen molar-refractivity contribution in [2.75, 3.05) is 0 Å². The number of ketones is 2. The molecule has 1 aliphatic rings. The molecule has 1 unspecified atom stereocenters. The molecule has 0 aromatic rings. The fourth-order valence-electron chi connectivity index (χ4n) is 1.92. The lowest BCUT2D eigenvalue weighted by atomic mass is 9.98. The highest BCUT2D eigenvalue weighted by Crippen LogP contribution is 2.30. The topological polar surface area (TPSA) is 74.6 Å². The van der Waals surface area contributed by atoms with Crippen LogP contribution in [-0.2, 0) is 9.59 Å². The van der Waals surface area contributed by atoms with Crippen LogP contribution in [-0.4, -0.2) is 27.9 Å². The van der Waals surface area contributed by atoms with E-state index in [2.05, 4.69) is 0 Å². The van der Waals surface area contributed by atoms with Gasteiger partial charge >= 0.3 is 0 Å². The first-order valence-electron chi connectivity index (χ1n) is 6.10. The molecule has 4 nitrogen and oxygen atoms in total. The molecule has 1 rings (SSSR count). The summed E-state index contributed by atoms with van der Waals surface area (Å²) in [6, 6.07) is 0. The number of hydrogen-bond donors (Lipinski definition) is 2. The second kappa shape index (κ2) is 5.48. The molecule has 1 aliphatic carbocycles. The molecular weight excluding hydrogens is 232 g/mol. The standard InChI is InChI=1S/C14H20O4/c1-7(2)5-6-9-12(16)10(11(15)8(3)4)14(18)13(9)17/h5,8-9,13,15,17H,6H2,1-4H3/b11-10+/t9?,13-/m0/s1. The number of carbonyl (C=O) groups excluding carboxylic acids is 2. The van der Waals surface area contributed by atoms with E-state index in [1.807, 2.05) is 19.9 Å². The zero-order valence-electron chi connectivity index (χ0n) is 11.2. The van der Waals surface area contributed by atoms with Crippen LogP contribution in [0.1, 0.15) is 34.1 Å². The third-order valence-electron chi connectivity index (χ3n) is 3.06. The van der Waals surface area contributed by atoms with Crippen LogP contribution in [0.4, 0.5) is 0 Å². The molecule has 1 fully saturated rings. The van der Waals surface area contributed by atoms with Crippen LogP contribution in [0.2, 0.25) is 0 Å². The van der Waals surface area contributed by atoms with Crippen molar-refractivity contribution in [2.24, 2.45) is 11.8 Å². The van der Waals surface area contributed by atoms with E-state index in [9.17, 15) is 19.8 Å². The average molecular weight is 252 g/mol. The fraction of sp³-hybridized carbons (Fsp3) is 0.571. The predicted molar refractivity (Wildman–Crippen MR) is 68.1 cm³/mol. The number of aliphatic hydroxyl groups excluding tert-OH is 2. The summed E-state index contributed by atoms with van der Waals surface area (Å²) in [5.74, 6) is -2.39. The molecule has 0 aromatic heterocycles. The summed E-state index contributed by atoms with van der Waals surface area (Å²) in [5, 5.41) is 19.6. The van der Waals surface area contributed by atoms with Gasteiger partial charge in [-0.1, -0.05) is 25.5 Å². The summed E-state index contributed by atoms with van der Waals surface area (Å²) in [4.78, 5) is 23.9. The van der Waals surface area contributed by atoms with Crippen molar-refractivity contribution in [1.29, 1.82) is 0 Å². The normalized spacial score (nSPS) is 26.8. The Morgan fingerprint density at radius 1 is 1.28 bits per heavy atom. The third kappa shape index (κ3) is 2.70. The summed E-state index contributed by atoms with van der Waals surface area (Å²) >= 11 is 0. The molecule has 0 spiro atoms. The van der Waals surface area contributed by atoms with E-state index >= 15 is 0 Å². The van der Waals surface area contributed by atoms with Crippen molar-refractivity contribution in [2.45, 2.75) is 40.2 Å². The second-order valence-corrected chi connectivity index (χ2v) is 5.21. The number of allylic oxidation sites excluding steroid dienone is 3. The first kappa shape index (κ1) is 14.6. The molecule has 0 heterocycles. The van der Waals surface area contributed by atoms with Crippen molar-refractivity contribution in [1.82, 2.24) is 0 Å². The van der Waals surface area contributed by atoms with Crippen molar-refractivity contribution >= 4 is 11.6 Å². The van der Waals surface area contributed by atoms with Gasteiger partial charge in [-0.25, -0.2) is 0 Å². The lowest BCUT2D eigenvalue weighted by Gasteiger charge is -2.08. The molecule has 0 aliphatic heterocycles. The summed E-state index contributed by atoms with van der Waals surface area (Å²) in [6.07, 6.45) is 0.807. The largest absolute Gasteiger partial charge is 0.511 e. The minimum Gasteiger partial charge on any atom is -0.511 e. The van der Waals surface area contributed by atoms with Crippen LogP contribution >= 0.6 is 0 Å². The Bertz CT molecular complexity index is 425. The van der Waals surface area contributed by atoms with E-state index < -0.39 is 23.6 Å². The highest BCUT2D eigenvalue weighted by atomic mass is 16.3. The second-order valence-electron chi connectivity index (χ2n) is 5.21. The smallest absolute Gasteiger partial charge is 0.199 e. The summed E-state index contributed by atoms with van der Waals surface area (Å²) < 4.78 is 0. The van der Waals surface area contributed by atoms with E-state index in [4.69, 9.17) is 0 Å². The van der Waals surface area contributed by atoms with Gasteiger partial charge in [-0.05, 0) is 20.3 Å². The molecule has 0 aromatic carbocycles. The van der Waals surface area contributed by atoms with Crippen LogP contribution in [0.15, 0.2) is 23.0 Å². The monoisotopic (exact) mass is 252 g/mol. The van der Waals surface area contributed by atoms with Gasteiger partial charge in [-0.3, -0.25) is 9.59 Å². The molecule has 1 saturated carbocycles. The molecule has 18 heavy (non-hydrogen) atoms. The fourth-order valence-corrected chi connectivity index (χ4v) is 1.92. The SMILES string of the molecule is CC(C)=CCC1C(=O)/C(=C(\O)C(C)C)C(=O)[C@H]1O.